The average molecular weight is 272 g/mol. The number of hydrogen-bond donors (Lipinski definition) is 0. The smallest absolute Gasteiger partial charge is 0.103 e. The highest BCUT2D eigenvalue weighted by Crippen LogP contribution is 2.38. The van der Waals surface area contributed by atoms with Crippen LogP contribution < -0.4 is 0 Å². The third-order valence-electron chi connectivity index (χ3n) is 3.75. The molecule has 1 aliphatic rings. The maximum atomic E-state index is 5.84. The summed E-state index contributed by atoms with van der Waals surface area (Å²) in [6.07, 6.45) is 13.7. The Bertz CT molecular complexity index is 203. The lowest BCUT2D eigenvalue weighted by atomic mass is 10.1. The molecular weight excluding hydrogens is 240 g/mol. The molecule has 0 N–H and O–H groups in total. The highest BCUT2D eigenvalue weighted by Gasteiger charge is 2.28. The van der Waals surface area contributed by atoms with Crippen molar-refractivity contribution < 1.29 is 4.74 Å². The first-order valence-corrected chi connectivity index (χ1v) is 8.81. The lowest BCUT2D eigenvalue weighted by molar-refractivity contribution is 0.0855. The van der Waals surface area contributed by atoms with E-state index in [1.54, 1.807) is 0 Å². The van der Waals surface area contributed by atoms with Crippen molar-refractivity contribution >= 4 is 11.8 Å². The van der Waals surface area contributed by atoms with Gasteiger partial charge in [0.05, 0.1) is 0 Å². The van der Waals surface area contributed by atoms with Crippen molar-refractivity contribution in [3.8, 4) is 0 Å². The molecule has 2 heteroatoms. The number of ether oxygens (including phenoxy) is 1. The van der Waals surface area contributed by atoms with E-state index in [0.29, 0.717) is 10.2 Å². The molecule has 0 aromatic rings. The van der Waals surface area contributed by atoms with E-state index in [0.717, 1.165) is 6.61 Å². The molecule has 0 saturated carbocycles. The Kier molecular flexibility index (Phi) is 8.41. The van der Waals surface area contributed by atoms with E-state index >= 15 is 0 Å². The third kappa shape index (κ3) is 7.68. The zero-order valence-corrected chi connectivity index (χ0v) is 13.5. The van der Waals surface area contributed by atoms with E-state index in [1.165, 1.54) is 64.2 Å². The molecule has 18 heavy (non-hydrogen) atoms. The highest BCUT2D eigenvalue weighted by atomic mass is 32.2. The monoisotopic (exact) mass is 272 g/mol. The first-order chi connectivity index (χ1) is 8.64. The molecule has 0 aromatic heterocycles. The van der Waals surface area contributed by atoms with Gasteiger partial charge in [-0.2, -0.15) is 0 Å². The van der Waals surface area contributed by atoms with Crippen LogP contribution in [-0.2, 0) is 4.74 Å². The van der Waals surface area contributed by atoms with Crippen LogP contribution in [0.3, 0.4) is 0 Å². The number of unbranched alkanes of at least 4 members (excludes halogenated alkanes) is 7. The Hall–Kier alpha value is 0.310. The minimum Gasteiger partial charge on any atom is -0.368 e. The topological polar surface area (TPSA) is 9.23 Å². The Morgan fingerprint density at radius 2 is 1.61 bits per heavy atom. The Morgan fingerprint density at radius 1 is 1.00 bits per heavy atom. The lowest BCUT2D eigenvalue weighted by Crippen LogP contribution is -2.29. The third-order valence-corrected chi connectivity index (χ3v) is 5.23. The van der Waals surface area contributed by atoms with Gasteiger partial charge < -0.3 is 4.74 Å². The molecule has 0 aromatic carbocycles. The van der Waals surface area contributed by atoms with Crippen molar-refractivity contribution in [1.82, 2.24) is 0 Å². The average Bonchev–Trinajstić information content (AvgIpc) is 2.31. The second-order valence-corrected chi connectivity index (χ2v) is 8.06. The summed E-state index contributed by atoms with van der Waals surface area (Å²) >= 11 is 2.04. The summed E-state index contributed by atoms with van der Waals surface area (Å²) in [6, 6.07) is 0. The van der Waals surface area contributed by atoms with Crippen LogP contribution in [0.1, 0.15) is 85.0 Å². The summed E-state index contributed by atoms with van der Waals surface area (Å²) in [6.45, 7) is 7.94. The fraction of sp³-hybridized carbons (Fsp3) is 1.00. The predicted molar refractivity (Wildman–Crippen MR) is 83.3 cm³/mol. The molecule has 0 radical (unpaired) electrons. The van der Waals surface area contributed by atoms with Crippen molar-refractivity contribution in [2.45, 2.75) is 95.2 Å². The predicted octanol–water partition coefficient (Wildman–Crippen LogP) is 5.78. The molecule has 0 amide bonds. The van der Waals surface area contributed by atoms with Crippen LogP contribution in [0.4, 0.5) is 0 Å². The molecule has 1 atom stereocenters. The van der Waals surface area contributed by atoms with Gasteiger partial charge in [0, 0.05) is 11.4 Å². The second kappa shape index (κ2) is 9.25. The molecule has 108 valence electrons. The van der Waals surface area contributed by atoms with E-state index in [-0.39, 0.29) is 0 Å². The first-order valence-electron chi connectivity index (χ1n) is 7.93. The Morgan fingerprint density at radius 3 is 2.22 bits per heavy atom. The minimum atomic E-state index is 0.434. The van der Waals surface area contributed by atoms with Gasteiger partial charge in [0.2, 0.25) is 0 Å². The van der Waals surface area contributed by atoms with Crippen LogP contribution in [-0.4, -0.2) is 16.8 Å². The number of rotatable bonds is 9. The Balaban J connectivity index is 1.91. The minimum absolute atomic E-state index is 0.434. The number of thioether (sulfide) groups is 1. The van der Waals surface area contributed by atoms with Gasteiger partial charge in [0.25, 0.3) is 0 Å². The number of hydrogen-bond acceptors (Lipinski definition) is 2. The summed E-state index contributed by atoms with van der Waals surface area (Å²) in [7, 11) is 0. The van der Waals surface area contributed by atoms with Crippen LogP contribution in [0.15, 0.2) is 0 Å². The lowest BCUT2D eigenvalue weighted by Gasteiger charge is -2.34. The van der Waals surface area contributed by atoms with Crippen LogP contribution in [0.25, 0.3) is 0 Å². The van der Waals surface area contributed by atoms with Crippen molar-refractivity contribution in [2.24, 2.45) is 0 Å². The molecule has 1 fully saturated rings. The molecule has 1 nitrogen and oxygen atoms in total. The van der Waals surface area contributed by atoms with Crippen LogP contribution in [0.5, 0.6) is 0 Å². The summed E-state index contributed by atoms with van der Waals surface area (Å²) < 4.78 is 6.27. The van der Waals surface area contributed by atoms with E-state index in [9.17, 15) is 0 Å². The first kappa shape index (κ1) is 16.4. The van der Waals surface area contributed by atoms with Crippen LogP contribution in [0.2, 0.25) is 0 Å². The molecular formula is C16H32OS. The normalized spacial score (nSPS) is 23.2. The van der Waals surface area contributed by atoms with Crippen molar-refractivity contribution in [3.63, 3.8) is 0 Å². The second-order valence-electron chi connectivity index (χ2n) is 6.19. The quantitative estimate of drug-likeness (QED) is 0.492. The molecule has 1 saturated heterocycles. The SMILES string of the molecule is CCCCCCCCCCC1OCCC(C)(C)S1. The molecule has 0 spiro atoms. The van der Waals surface area contributed by atoms with E-state index in [1.807, 2.05) is 11.8 Å². The van der Waals surface area contributed by atoms with Crippen molar-refractivity contribution in [2.75, 3.05) is 6.61 Å². The fourth-order valence-electron chi connectivity index (χ4n) is 2.47. The van der Waals surface area contributed by atoms with Crippen LogP contribution >= 0.6 is 11.8 Å². The molecule has 0 bridgehead atoms. The molecule has 0 aliphatic carbocycles. The molecule has 1 rings (SSSR count). The van der Waals surface area contributed by atoms with Gasteiger partial charge >= 0.3 is 0 Å². The van der Waals surface area contributed by atoms with Gasteiger partial charge in [0.1, 0.15) is 5.44 Å². The van der Waals surface area contributed by atoms with Gasteiger partial charge in [-0.1, -0.05) is 65.7 Å². The van der Waals surface area contributed by atoms with Crippen molar-refractivity contribution in [3.05, 3.63) is 0 Å². The van der Waals surface area contributed by atoms with Gasteiger partial charge in [-0.05, 0) is 19.3 Å². The maximum absolute atomic E-state index is 5.84. The summed E-state index contributed by atoms with van der Waals surface area (Å²) in [5.41, 5.74) is 0.467. The standard InChI is InChI=1S/C16H32OS/c1-4-5-6-7-8-9-10-11-12-15-17-14-13-16(2,3)18-15/h15H,4-14H2,1-3H3. The largest absolute Gasteiger partial charge is 0.368 e. The van der Waals surface area contributed by atoms with E-state index in [4.69, 9.17) is 4.74 Å². The zero-order chi connectivity index (χ0) is 13.3. The van der Waals surface area contributed by atoms with Crippen molar-refractivity contribution in [1.29, 1.82) is 0 Å². The van der Waals surface area contributed by atoms with Gasteiger partial charge in [0.15, 0.2) is 0 Å². The maximum Gasteiger partial charge on any atom is 0.103 e. The molecule has 1 heterocycles. The fourth-order valence-corrected chi connectivity index (χ4v) is 3.83. The zero-order valence-electron chi connectivity index (χ0n) is 12.7. The van der Waals surface area contributed by atoms with Gasteiger partial charge in [-0.15, -0.1) is 11.8 Å². The van der Waals surface area contributed by atoms with Gasteiger partial charge in [-0.3, -0.25) is 0 Å². The summed E-state index contributed by atoms with van der Waals surface area (Å²) in [5, 5.41) is 0. The molecule has 1 aliphatic heterocycles. The van der Waals surface area contributed by atoms with E-state index < -0.39 is 0 Å². The Labute approximate surface area is 118 Å². The summed E-state index contributed by atoms with van der Waals surface area (Å²) in [4.78, 5) is 0. The van der Waals surface area contributed by atoms with E-state index in [2.05, 4.69) is 20.8 Å². The van der Waals surface area contributed by atoms with Crippen LogP contribution in [0, 0.1) is 0 Å². The highest BCUT2D eigenvalue weighted by molar-refractivity contribution is 8.01. The van der Waals surface area contributed by atoms with Gasteiger partial charge in [-0.25, -0.2) is 0 Å². The molecule has 1 unspecified atom stereocenters. The summed E-state index contributed by atoms with van der Waals surface area (Å²) in [5.74, 6) is 0.